The van der Waals surface area contributed by atoms with Gasteiger partial charge in [0.05, 0.1) is 5.69 Å². The number of hydrogen-bond acceptors (Lipinski definition) is 4. The molecule has 1 N–H and O–H groups in total. The molecule has 0 aromatic carbocycles. The molecule has 1 aliphatic rings. The van der Waals surface area contributed by atoms with E-state index in [9.17, 15) is 9.59 Å². The second-order valence-electron chi connectivity index (χ2n) is 5.71. The van der Waals surface area contributed by atoms with E-state index in [0.29, 0.717) is 16.5 Å². The Balaban J connectivity index is 2.19. The molecule has 1 aliphatic carbocycles. The Bertz CT molecular complexity index is 597. The molecule has 1 aromatic rings. The van der Waals surface area contributed by atoms with Gasteiger partial charge < -0.3 is 5.32 Å². The Morgan fingerprint density at radius 2 is 2.10 bits per heavy atom. The van der Waals surface area contributed by atoms with E-state index >= 15 is 0 Å². The van der Waals surface area contributed by atoms with Crippen LogP contribution in [0.1, 0.15) is 47.3 Å². The van der Waals surface area contributed by atoms with E-state index in [1.807, 2.05) is 18.7 Å². The van der Waals surface area contributed by atoms with Gasteiger partial charge in [-0.1, -0.05) is 6.42 Å². The molecule has 0 unspecified atom stereocenters. The Labute approximate surface area is 129 Å². The molecule has 1 amide bonds. The molecule has 0 spiro atoms. The fraction of sp³-hybridized carbons (Fsp3) is 0.667. The van der Waals surface area contributed by atoms with Crippen molar-refractivity contribution < 1.29 is 4.79 Å². The van der Waals surface area contributed by atoms with Crippen molar-refractivity contribution in [2.24, 2.45) is 7.05 Å². The number of aryl methyl sites for hydroxylation is 2. The third kappa shape index (κ3) is 3.48. The van der Waals surface area contributed by atoms with E-state index < -0.39 is 0 Å². The average Bonchev–Trinajstić information content (AvgIpc) is 2.45. The highest BCUT2D eigenvalue weighted by atomic mass is 32.2. The Morgan fingerprint density at radius 3 is 2.76 bits per heavy atom. The highest BCUT2D eigenvalue weighted by molar-refractivity contribution is 7.99. The maximum atomic E-state index is 12.5. The van der Waals surface area contributed by atoms with E-state index in [0.717, 1.165) is 19.3 Å². The summed E-state index contributed by atoms with van der Waals surface area (Å²) in [5.41, 5.74) is 1.30. The van der Waals surface area contributed by atoms with Crippen LogP contribution in [0.3, 0.4) is 0 Å². The van der Waals surface area contributed by atoms with Crippen LogP contribution in [0.5, 0.6) is 0 Å². The van der Waals surface area contributed by atoms with Crippen LogP contribution < -0.4 is 10.9 Å². The molecule has 1 heterocycles. The number of carbonyl (C=O) groups is 1. The summed E-state index contributed by atoms with van der Waals surface area (Å²) in [5, 5.41) is 7.75. The van der Waals surface area contributed by atoms with Crippen molar-refractivity contribution in [2.75, 3.05) is 6.26 Å². The third-order valence-electron chi connectivity index (χ3n) is 4.25. The number of nitrogens with one attached hydrogen (secondary N) is 1. The molecular weight excluding hydrogens is 286 g/mol. The predicted octanol–water partition coefficient (Wildman–Crippen LogP) is 1.80. The lowest BCUT2D eigenvalue weighted by molar-refractivity contribution is 0.0925. The highest BCUT2D eigenvalue weighted by Crippen LogP contribution is 2.27. The lowest BCUT2D eigenvalue weighted by Crippen LogP contribution is -2.42. The topological polar surface area (TPSA) is 64.0 Å². The molecule has 0 radical (unpaired) electrons. The smallest absolute Gasteiger partial charge is 0.279 e. The van der Waals surface area contributed by atoms with Crippen LogP contribution in [0, 0.1) is 13.8 Å². The minimum atomic E-state index is -0.326. The zero-order chi connectivity index (χ0) is 15.6. The number of carbonyl (C=O) groups excluding carboxylic acids is 1. The van der Waals surface area contributed by atoms with Crippen molar-refractivity contribution in [3.05, 3.63) is 27.2 Å². The van der Waals surface area contributed by atoms with Gasteiger partial charge in [-0.25, -0.2) is 4.68 Å². The van der Waals surface area contributed by atoms with Gasteiger partial charge in [-0.3, -0.25) is 9.59 Å². The molecule has 6 heteroatoms. The summed E-state index contributed by atoms with van der Waals surface area (Å²) >= 11 is 1.86. The van der Waals surface area contributed by atoms with Crippen molar-refractivity contribution in [1.29, 1.82) is 0 Å². The Morgan fingerprint density at radius 1 is 1.38 bits per heavy atom. The van der Waals surface area contributed by atoms with E-state index in [1.54, 1.807) is 14.0 Å². The van der Waals surface area contributed by atoms with Gasteiger partial charge in [0.15, 0.2) is 0 Å². The van der Waals surface area contributed by atoms with E-state index in [-0.39, 0.29) is 23.1 Å². The molecule has 5 nitrogen and oxygen atoms in total. The number of aromatic nitrogens is 2. The van der Waals surface area contributed by atoms with Crippen molar-refractivity contribution in [2.45, 2.75) is 50.8 Å². The molecule has 116 valence electrons. The fourth-order valence-electron chi connectivity index (χ4n) is 2.86. The first kappa shape index (κ1) is 16.1. The summed E-state index contributed by atoms with van der Waals surface area (Å²) in [6.45, 7) is 3.60. The quantitative estimate of drug-likeness (QED) is 0.925. The summed E-state index contributed by atoms with van der Waals surface area (Å²) in [6.07, 6.45) is 6.43. The molecular formula is C15H23N3O2S. The van der Waals surface area contributed by atoms with Crippen molar-refractivity contribution in [1.82, 2.24) is 15.1 Å². The first-order chi connectivity index (χ1) is 9.93. The molecule has 2 rings (SSSR count). The van der Waals surface area contributed by atoms with Gasteiger partial charge >= 0.3 is 0 Å². The fourth-order valence-corrected chi connectivity index (χ4v) is 3.69. The lowest BCUT2D eigenvalue weighted by Gasteiger charge is -2.28. The molecule has 0 bridgehead atoms. The van der Waals surface area contributed by atoms with Crippen LogP contribution in [0.15, 0.2) is 4.79 Å². The summed E-state index contributed by atoms with van der Waals surface area (Å²) in [5.74, 6) is -0.259. The molecule has 21 heavy (non-hydrogen) atoms. The largest absolute Gasteiger partial charge is 0.349 e. The normalized spacial score (nSPS) is 22.1. The molecule has 1 saturated carbocycles. The maximum Gasteiger partial charge on any atom is 0.279 e. The van der Waals surface area contributed by atoms with Crippen LogP contribution in [-0.4, -0.2) is 33.2 Å². The van der Waals surface area contributed by atoms with Gasteiger partial charge in [-0.05, 0) is 44.9 Å². The maximum absolute atomic E-state index is 12.5. The van der Waals surface area contributed by atoms with Crippen LogP contribution in [0.25, 0.3) is 0 Å². The summed E-state index contributed by atoms with van der Waals surface area (Å²) in [7, 11) is 1.58. The number of rotatable bonds is 3. The Hall–Kier alpha value is -1.30. The number of nitrogens with zero attached hydrogens (tertiary/aromatic N) is 2. The third-order valence-corrected chi connectivity index (χ3v) is 5.34. The SMILES string of the molecule is CS[C@@H]1CCC[C@@H](NC(=O)c2c(C)c(C)nn(C)c2=O)C1. The lowest BCUT2D eigenvalue weighted by atomic mass is 9.94. The second kappa shape index (κ2) is 6.64. The zero-order valence-electron chi connectivity index (χ0n) is 13.1. The Kier molecular flexibility index (Phi) is 5.08. The standard InChI is InChI=1S/C15H23N3O2S/c1-9-10(2)17-18(3)15(20)13(9)14(19)16-11-6-5-7-12(8-11)21-4/h11-12H,5-8H2,1-4H3,(H,16,19)/t11-,12-/m1/s1. The van der Waals surface area contributed by atoms with Gasteiger partial charge in [0.2, 0.25) is 0 Å². The number of amides is 1. The van der Waals surface area contributed by atoms with Crippen molar-refractivity contribution in [3.63, 3.8) is 0 Å². The number of thioether (sulfide) groups is 1. The van der Waals surface area contributed by atoms with Gasteiger partial charge in [-0.2, -0.15) is 16.9 Å². The van der Waals surface area contributed by atoms with Crippen LogP contribution in [-0.2, 0) is 7.05 Å². The first-order valence-corrected chi connectivity index (χ1v) is 8.61. The van der Waals surface area contributed by atoms with Crippen LogP contribution in [0.4, 0.5) is 0 Å². The van der Waals surface area contributed by atoms with E-state index in [4.69, 9.17) is 0 Å². The van der Waals surface area contributed by atoms with Gasteiger partial charge in [0, 0.05) is 18.3 Å². The zero-order valence-corrected chi connectivity index (χ0v) is 13.9. The summed E-state index contributed by atoms with van der Waals surface area (Å²) in [4.78, 5) is 24.7. The highest BCUT2D eigenvalue weighted by Gasteiger charge is 2.25. The van der Waals surface area contributed by atoms with Crippen LogP contribution >= 0.6 is 11.8 Å². The predicted molar refractivity (Wildman–Crippen MR) is 86.0 cm³/mol. The first-order valence-electron chi connectivity index (χ1n) is 7.32. The van der Waals surface area contributed by atoms with Crippen molar-refractivity contribution >= 4 is 17.7 Å². The summed E-state index contributed by atoms with van der Waals surface area (Å²) in [6, 6.07) is 0.168. The molecule has 1 fully saturated rings. The monoisotopic (exact) mass is 309 g/mol. The molecule has 1 aromatic heterocycles. The second-order valence-corrected chi connectivity index (χ2v) is 6.85. The van der Waals surface area contributed by atoms with Gasteiger partial charge in [-0.15, -0.1) is 0 Å². The van der Waals surface area contributed by atoms with Gasteiger partial charge in [0.25, 0.3) is 11.5 Å². The minimum Gasteiger partial charge on any atom is -0.349 e. The van der Waals surface area contributed by atoms with Crippen molar-refractivity contribution in [3.8, 4) is 0 Å². The number of hydrogen-bond donors (Lipinski definition) is 1. The minimum absolute atomic E-state index is 0.168. The molecule has 0 aliphatic heterocycles. The average molecular weight is 309 g/mol. The van der Waals surface area contributed by atoms with Crippen LogP contribution in [0.2, 0.25) is 0 Å². The van der Waals surface area contributed by atoms with Gasteiger partial charge in [0.1, 0.15) is 5.56 Å². The van der Waals surface area contributed by atoms with E-state index in [2.05, 4.69) is 16.7 Å². The van der Waals surface area contributed by atoms with E-state index in [1.165, 1.54) is 11.1 Å². The summed E-state index contributed by atoms with van der Waals surface area (Å²) < 4.78 is 1.24. The molecule has 2 atom stereocenters. The molecule has 0 saturated heterocycles.